The fourth-order valence-electron chi connectivity index (χ4n) is 2.15. The quantitative estimate of drug-likeness (QED) is 0.481. The van der Waals surface area contributed by atoms with Gasteiger partial charge in [-0.25, -0.2) is 9.87 Å². The van der Waals surface area contributed by atoms with Crippen LogP contribution < -0.4 is 10.8 Å². The van der Waals surface area contributed by atoms with E-state index in [0.717, 1.165) is 4.88 Å². The molecule has 25 heavy (non-hydrogen) atoms. The van der Waals surface area contributed by atoms with Crippen LogP contribution in [0.2, 0.25) is 0 Å². The maximum absolute atomic E-state index is 13.1. The number of benzene rings is 1. The third-order valence-corrected chi connectivity index (χ3v) is 4.34. The van der Waals surface area contributed by atoms with Gasteiger partial charge >= 0.3 is 0 Å². The summed E-state index contributed by atoms with van der Waals surface area (Å²) in [7, 11) is 0. The molecule has 2 heterocycles. The highest BCUT2D eigenvalue weighted by Gasteiger charge is 2.12. The Labute approximate surface area is 145 Å². The van der Waals surface area contributed by atoms with Crippen LogP contribution in [0.4, 0.5) is 10.1 Å². The Morgan fingerprint density at radius 2 is 2.08 bits per heavy atom. The van der Waals surface area contributed by atoms with Gasteiger partial charge in [0.05, 0.1) is 9.75 Å². The van der Waals surface area contributed by atoms with E-state index in [9.17, 15) is 14.0 Å². The van der Waals surface area contributed by atoms with Gasteiger partial charge in [0.2, 0.25) is 5.91 Å². The molecule has 0 aliphatic rings. The van der Waals surface area contributed by atoms with Crippen LogP contribution >= 0.6 is 11.3 Å². The zero-order chi connectivity index (χ0) is 17.8. The Kier molecular flexibility index (Phi) is 4.87. The molecule has 1 aromatic carbocycles. The molecule has 0 radical (unpaired) electrons. The number of aromatic nitrogens is 2. The molecule has 0 spiro atoms. The first-order chi connectivity index (χ1) is 12.0. The fraction of sp³-hybridized carbons (Fsp3) is 0.0625. The van der Waals surface area contributed by atoms with Crippen LogP contribution in [0.25, 0.3) is 10.6 Å². The molecule has 0 saturated carbocycles. The molecule has 0 atom stereocenters. The predicted octanol–water partition coefficient (Wildman–Crippen LogP) is 2.51. The van der Waals surface area contributed by atoms with E-state index in [1.807, 2.05) is 0 Å². The summed E-state index contributed by atoms with van der Waals surface area (Å²) in [6.07, 6.45) is 1.63. The van der Waals surface area contributed by atoms with E-state index in [4.69, 9.17) is 5.21 Å². The monoisotopic (exact) mass is 360 g/mol. The van der Waals surface area contributed by atoms with Gasteiger partial charge in [0, 0.05) is 11.9 Å². The minimum absolute atomic E-state index is 0.0358. The SMILES string of the molecule is O=C(Cn1ccc(-c2ccc(C(=O)NO)s2)n1)Nc1cccc(F)c1. The smallest absolute Gasteiger partial charge is 0.284 e. The summed E-state index contributed by atoms with van der Waals surface area (Å²) >= 11 is 1.17. The zero-order valence-electron chi connectivity index (χ0n) is 12.8. The van der Waals surface area contributed by atoms with Crippen molar-refractivity contribution in [3.05, 3.63) is 59.4 Å². The summed E-state index contributed by atoms with van der Waals surface area (Å²) in [5.41, 5.74) is 2.54. The summed E-state index contributed by atoms with van der Waals surface area (Å²) in [5.74, 6) is -1.36. The Morgan fingerprint density at radius 1 is 1.24 bits per heavy atom. The number of amides is 2. The number of anilines is 1. The van der Waals surface area contributed by atoms with E-state index in [-0.39, 0.29) is 12.5 Å². The third-order valence-electron chi connectivity index (χ3n) is 3.24. The van der Waals surface area contributed by atoms with Crippen LogP contribution in [0.15, 0.2) is 48.7 Å². The first-order valence-electron chi connectivity index (χ1n) is 7.18. The molecule has 128 valence electrons. The van der Waals surface area contributed by atoms with Crippen LogP contribution in [0.3, 0.4) is 0 Å². The van der Waals surface area contributed by atoms with Crippen molar-refractivity contribution in [2.24, 2.45) is 0 Å². The molecular formula is C16H13FN4O3S. The summed E-state index contributed by atoms with van der Waals surface area (Å²) in [6.45, 7) is -0.0358. The number of hydroxylamine groups is 1. The average molecular weight is 360 g/mol. The van der Waals surface area contributed by atoms with Crippen LogP contribution in [0, 0.1) is 5.82 Å². The molecule has 9 heteroatoms. The largest absolute Gasteiger partial charge is 0.324 e. The van der Waals surface area contributed by atoms with Crippen molar-refractivity contribution in [2.75, 3.05) is 5.32 Å². The zero-order valence-corrected chi connectivity index (χ0v) is 13.6. The average Bonchev–Trinajstić information content (AvgIpc) is 3.23. The Morgan fingerprint density at radius 3 is 2.84 bits per heavy atom. The molecule has 7 nitrogen and oxygen atoms in total. The van der Waals surface area contributed by atoms with E-state index >= 15 is 0 Å². The number of hydrogen-bond donors (Lipinski definition) is 3. The molecule has 0 aliphatic heterocycles. The molecule has 3 aromatic rings. The maximum Gasteiger partial charge on any atom is 0.284 e. The number of hydrogen-bond acceptors (Lipinski definition) is 5. The lowest BCUT2D eigenvalue weighted by Gasteiger charge is -2.05. The van der Waals surface area contributed by atoms with Gasteiger partial charge in [-0.15, -0.1) is 11.3 Å². The van der Waals surface area contributed by atoms with Gasteiger partial charge in [0.25, 0.3) is 5.91 Å². The van der Waals surface area contributed by atoms with Crippen LogP contribution in [0.5, 0.6) is 0 Å². The normalized spacial score (nSPS) is 10.5. The van der Waals surface area contributed by atoms with E-state index in [2.05, 4.69) is 10.4 Å². The van der Waals surface area contributed by atoms with E-state index in [1.165, 1.54) is 34.2 Å². The molecule has 3 rings (SSSR count). The number of carbonyl (C=O) groups is 2. The number of thiophene rings is 1. The molecule has 2 amide bonds. The fourth-order valence-corrected chi connectivity index (χ4v) is 3.01. The second kappa shape index (κ2) is 7.24. The molecule has 2 aromatic heterocycles. The predicted molar refractivity (Wildman–Crippen MR) is 89.8 cm³/mol. The van der Waals surface area contributed by atoms with Crippen LogP contribution in [0.1, 0.15) is 9.67 Å². The maximum atomic E-state index is 13.1. The van der Waals surface area contributed by atoms with Gasteiger partial charge in [0.15, 0.2) is 0 Å². The third kappa shape index (κ3) is 4.08. The standard InChI is InChI=1S/C16H13FN4O3S/c17-10-2-1-3-11(8-10)18-15(22)9-21-7-6-12(19-21)13-4-5-14(25-13)16(23)20-24/h1-8,24H,9H2,(H,18,22)(H,20,23). The highest BCUT2D eigenvalue weighted by Crippen LogP contribution is 2.26. The van der Waals surface area contributed by atoms with Crippen LogP contribution in [-0.4, -0.2) is 26.8 Å². The van der Waals surface area contributed by atoms with Gasteiger partial charge in [-0.3, -0.25) is 19.5 Å². The molecule has 0 saturated heterocycles. The summed E-state index contributed by atoms with van der Waals surface area (Å²) in [5, 5.41) is 15.5. The van der Waals surface area contributed by atoms with Crippen molar-refractivity contribution in [1.29, 1.82) is 0 Å². The highest BCUT2D eigenvalue weighted by atomic mass is 32.1. The number of nitrogens with zero attached hydrogens (tertiary/aromatic N) is 2. The van der Waals surface area contributed by atoms with E-state index in [1.54, 1.807) is 35.9 Å². The lowest BCUT2D eigenvalue weighted by molar-refractivity contribution is -0.116. The topological polar surface area (TPSA) is 96.2 Å². The lowest BCUT2D eigenvalue weighted by atomic mass is 10.3. The summed E-state index contributed by atoms with van der Waals surface area (Å²) in [6, 6.07) is 10.6. The molecule has 0 aliphatic carbocycles. The molecule has 3 N–H and O–H groups in total. The Bertz CT molecular complexity index is 922. The number of carbonyl (C=O) groups excluding carboxylic acids is 2. The van der Waals surface area contributed by atoms with Crippen molar-refractivity contribution >= 4 is 28.8 Å². The number of rotatable bonds is 5. The summed E-state index contributed by atoms with van der Waals surface area (Å²) < 4.78 is 14.5. The van der Waals surface area contributed by atoms with Crippen molar-refractivity contribution in [1.82, 2.24) is 15.3 Å². The highest BCUT2D eigenvalue weighted by molar-refractivity contribution is 7.17. The first kappa shape index (κ1) is 16.8. The summed E-state index contributed by atoms with van der Waals surface area (Å²) in [4.78, 5) is 24.4. The Hall–Kier alpha value is -3.04. The van der Waals surface area contributed by atoms with Gasteiger partial charge in [-0.05, 0) is 36.4 Å². The van der Waals surface area contributed by atoms with Gasteiger partial charge in [-0.2, -0.15) is 5.10 Å². The van der Waals surface area contributed by atoms with E-state index < -0.39 is 11.7 Å². The minimum Gasteiger partial charge on any atom is -0.324 e. The van der Waals surface area contributed by atoms with E-state index in [0.29, 0.717) is 16.3 Å². The molecule has 0 fully saturated rings. The van der Waals surface area contributed by atoms with Crippen LogP contribution in [-0.2, 0) is 11.3 Å². The second-order valence-corrected chi connectivity index (χ2v) is 6.15. The molecular weight excluding hydrogens is 347 g/mol. The van der Waals surface area contributed by atoms with Crippen molar-refractivity contribution < 1.29 is 19.2 Å². The van der Waals surface area contributed by atoms with Crippen molar-refractivity contribution in [2.45, 2.75) is 6.54 Å². The lowest BCUT2D eigenvalue weighted by Crippen LogP contribution is -2.19. The van der Waals surface area contributed by atoms with Crippen molar-refractivity contribution in [3.63, 3.8) is 0 Å². The van der Waals surface area contributed by atoms with Crippen molar-refractivity contribution in [3.8, 4) is 10.6 Å². The molecule has 0 bridgehead atoms. The first-order valence-corrected chi connectivity index (χ1v) is 8.00. The number of nitrogens with one attached hydrogen (secondary N) is 2. The van der Waals surface area contributed by atoms with Gasteiger partial charge < -0.3 is 5.32 Å². The Balaban J connectivity index is 1.66. The van der Waals surface area contributed by atoms with Gasteiger partial charge in [0.1, 0.15) is 18.1 Å². The molecule has 0 unspecified atom stereocenters. The minimum atomic E-state index is -0.592. The van der Waals surface area contributed by atoms with Gasteiger partial charge in [-0.1, -0.05) is 6.07 Å². The second-order valence-electron chi connectivity index (χ2n) is 5.06. The number of halogens is 1.